The van der Waals surface area contributed by atoms with Crippen molar-refractivity contribution in [3.63, 3.8) is 0 Å². The lowest BCUT2D eigenvalue weighted by Crippen LogP contribution is -2.11. The summed E-state index contributed by atoms with van der Waals surface area (Å²) in [6.07, 6.45) is 0. The van der Waals surface area contributed by atoms with Crippen molar-refractivity contribution in [1.82, 2.24) is 0 Å². The standard InChI is InChI=1S/C16H10ClNO5/c1-22-11-3-2-4-12-13(11)15(19)14(18(20)21)16(23-12)9-5-7-10(17)8-6-9/h2-8H,1H3. The molecule has 7 heteroatoms. The molecule has 23 heavy (non-hydrogen) atoms. The van der Waals surface area contributed by atoms with E-state index >= 15 is 0 Å². The smallest absolute Gasteiger partial charge is 0.359 e. The first-order valence-electron chi connectivity index (χ1n) is 6.57. The number of hydrogen-bond donors (Lipinski definition) is 0. The maximum absolute atomic E-state index is 12.6. The average molecular weight is 332 g/mol. The van der Waals surface area contributed by atoms with Crippen LogP contribution in [0.1, 0.15) is 0 Å². The lowest BCUT2D eigenvalue weighted by molar-refractivity contribution is -0.386. The van der Waals surface area contributed by atoms with Gasteiger partial charge in [-0.3, -0.25) is 14.9 Å². The summed E-state index contributed by atoms with van der Waals surface area (Å²) in [7, 11) is 1.38. The number of nitro groups is 1. The van der Waals surface area contributed by atoms with Crippen LogP contribution < -0.4 is 10.2 Å². The molecule has 0 amide bonds. The summed E-state index contributed by atoms with van der Waals surface area (Å²) in [4.78, 5) is 23.3. The van der Waals surface area contributed by atoms with E-state index in [0.717, 1.165) is 0 Å². The molecule has 0 aliphatic rings. The van der Waals surface area contributed by atoms with Crippen molar-refractivity contribution in [3.05, 3.63) is 67.8 Å². The molecular weight excluding hydrogens is 322 g/mol. The second-order valence-electron chi connectivity index (χ2n) is 4.71. The molecule has 0 aliphatic heterocycles. The van der Waals surface area contributed by atoms with Crippen LogP contribution in [-0.2, 0) is 0 Å². The molecule has 3 aromatic rings. The summed E-state index contributed by atoms with van der Waals surface area (Å²) in [5.41, 5.74) is -0.782. The van der Waals surface area contributed by atoms with E-state index in [-0.39, 0.29) is 22.5 Å². The van der Waals surface area contributed by atoms with Gasteiger partial charge in [0.2, 0.25) is 5.76 Å². The molecule has 0 N–H and O–H groups in total. The first kappa shape index (κ1) is 15.1. The van der Waals surface area contributed by atoms with Crippen LogP contribution in [0.3, 0.4) is 0 Å². The zero-order valence-corrected chi connectivity index (χ0v) is 12.7. The van der Waals surface area contributed by atoms with Gasteiger partial charge in [-0.1, -0.05) is 17.7 Å². The molecular formula is C16H10ClNO5. The van der Waals surface area contributed by atoms with Crippen molar-refractivity contribution >= 4 is 28.3 Å². The number of benzene rings is 2. The van der Waals surface area contributed by atoms with Crippen molar-refractivity contribution in [2.45, 2.75) is 0 Å². The molecule has 0 radical (unpaired) electrons. The Morgan fingerprint density at radius 3 is 2.48 bits per heavy atom. The van der Waals surface area contributed by atoms with Crippen LogP contribution in [0.25, 0.3) is 22.3 Å². The van der Waals surface area contributed by atoms with Crippen LogP contribution in [0.4, 0.5) is 5.69 Å². The molecule has 0 saturated carbocycles. The van der Waals surface area contributed by atoms with Gasteiger partial charge in [0.05, 0.1) is 12.0 Å². The minimum Gasteiger partial charge on any atom is -0.496 e. The molecule has 1 heterocycles. The predicted molar refractivity (Wildman–Crippen MR) is 86.1 cm³/mol. The van der Waals surface area contributed by atoms with E-state index < -0.39 is 16.0 Å². The molecule has 0 aliphatic carbocycles. The van der Waals surface area contributed by atoms with Gasteiger partial charge in [-0.15, -0.1) is 0 Å². The second-order valence-corrected chi connectivity index (χ2v) is 5.14. The third-order valence-electron chi connectivity index (χ3n) is 3.37. The first-order valence-corrected chi connectivity index (χ1v) is 6.95. The number of methoxy groups -OCH3 is 1. The van der Waals surface area contributed by atoms with E-state index in [1.807, 2.05) is 0 Å². The van der Waals surface area contributed by atoms with E-state index in [2.05, 4.69) is 0 Å². The Kier molecular flexibility index (Phi) is 3.75. The minimum absolute atomic E-state index is 0.0411. The minimum atomic E-state index is -0.751. The molecule has 0 atom stereocenters. The van der Waals surface area contributed by atoms with Crippen LogP contribution in [0.15, 0.2) is 51.7 Å². The third-order valence-corrected chi connectivity index (χ3v) is 3.62. The Morgan fingerprint density at radius 1 is 1.17 bits per heavy atom. The van der Waals surface area contributed by atoms with Gasteiger partial charge in [0.1, 0.15) is 16.7 Å². The summed E-state index contributed by atoms with van der Waals surface area (Å²) in [6, 6.07) is 11.0. The molecule has 116 valence electrons. The Morgan fingerprint density at radius 2 is 1.87 bits per heavy atom. The van der Waals surface area contributed by atoms with Crippen LogP contribution >= 0.6 is 11.6 Å². The summed E-state index contributed by atoms with van der Waals surface area (Å²) in [5, 5.41) is 11.9. The van der Waals surface area contributed by atoms with E-state index in [0.29, 0.717) is 10.6 Å². The molecule has 0 spiro atoms. The van der Waals surface area contributed by atoms with E-state index in [4.69, 9.17) is 20.8 Å². The summed E-state index contributed by atoms with van der Waals surface area (Å²) in [6.45, 7) is 0. The SMILES string of the molecule is COc1cccc2oc(-c3ccc(Cl)cc3)c([N+](=O)[O-])c(=O)c12. The molecule has 2 aromatic carbocycles. The Labute approximate surface area is 135 Å². The van der Waals surface area contributed by atoms with Crippen LogP contribution in [0, 0.1) is 10.1 Å². The molecule has 3 rings (SSSR count). The highest BCUT2D eigenvalue weighted by molar-refractivity contribution is 6.30. The first-order chi connectivity index (χ1) is 11.0. The van der Waals surface area contributed by atoms with Crippen molar-refractivity contribution in [1.29, 1.82) is 0 Å². The van der Waals surface area contributed by atoms with Gasteiger partial charge < -0.3 is 9.15 Å². The van der Waals surface area contributed by atoms with Crippen LogP contribution in [0.2, 0.25) is 5.02 Å². The van der Waals surface area contributed by atoms with Crippen molar-refractivity contribution in [2.24, 2.45) is 0 Å². The molecule has 0 fully saturated rings. The van der Waals surface area contributed by atoms with E-state index in [9.17, 15) is 14.9 Å². The Balaban J connectivity index is 2.43. The number of nitrogens with zero attached hydrogens (tertiary/aromatic N) is 1. The zero-order chi connectivity index (χ0) is 16.6. The molecule has 1 aromatic heterocycles. The van der Waals surface area contributed by atoms with Gasteiger partial charge in [0.15, 0.2) is 0 Å². The lowest BCUT2D eigenvalue weighted by atomic mass is 10.1. The predicted octanol–water partition coefficient (Wildman–Crippen LogP) is 4.03. The summed E-state index contributed by atoms with van der Waals surface area (Å²) in [5.74, 6) is 0.111. The van der Waals surface area contributed by atoms with Crippen LogP contribution in [0.5, 0.6) is 5.75 Å². The molecule has 0 saturated heterocycles. The van der Waals surface area contributed by atoms with Gasteiger partial charge in [-0.2, -0.15) is 0 Å². The Bertz CT molecular complexity index is 963. The fourth-order valence-electron chi connectivity index (χ4n) is 2.33. The van der Waals surface area contributed by atoms with Gasteiger partial charge in [0, 0.05) is 10.6 Å². The van der Waals surface area contributed by atoms with Gasteiger partial charge in [0.25, 0.3) is 5.43 Å². The number of ether oxygens (including phenoxy) is 1. The summed E-state index contributed by atoms with van der Waals surface area (Å²) < 4.78 is 10.7. The van der Waals surface area contributed by atoms with Gasteiger partial charge in [-0.25, -0.2) is 0 Å². The van der Waals surface area contributed by atoms with Crippen molar-refractivity contribution in [2.75, 3.05) is 7.11 Å². The van der Waals surface area contributed by atoms with E-state index in [1.54, 1.807) is 42.5 Å². The van der Waals surface area contributed by atoms with Crippen molar-refractivity contribution < 1.29 is 14.1 Å². The fourth-order valence-corrected chi connectivity index (χ4v) is 2.46. The summed E-state index contributed by atoms with van der Waals surface area (Å²) >= 11 is 5.82. The fraction of sp³-hybridized carbons (Fsp3) is 0.0625. The highest BCUT2D eigenvalue weighted by Crippen LogP contribution is 2.33. The number of rotatable bonds is 3. The highest BCUT2D eigenvalue weighted by Gasteiger charge is 2.27. The molecule has 6 nitrogen and oxygen atoms in total. The number of fused-ring (bicyclic) bond motifs is 1. The third kappa shape index (κ3) is 2.53. The van der Waals surface area contributed by atoms with Gasteiger partial charge >= 0.3 is 5.69 Å². The largest absolute Gasteiger partial charge is 0.496 e. The number of halogens is 1. The second kappa shape index (κ2) is 5.73. The van der Waals surface area contributed by atoms with E-state index in [1.165, 1.54) is 7.11 Å². The lowest BCUT2D eigenvalue weighted by Gasteiger charge is -2.07. The quantitative estimate of drug-likeness (QED) is 0.534. The average Bonchev–Trinajstić information content (AvgIpc) is 2.54. The van der Waals surface area contributed by atoms with Crippen LogP contribution in [-0.4, -0.2) is 12.0 Å². The van der Waals surface area contributed by atoms with Gasteiger partial charge in [-0.05, 0) is 36.4 Å². The molecule has 0 unspecified atom stereocenters. The molecule has 0 bridgehead atoms. The zero-order valence-electron chi connectivity index (χ0n) is 11.9. The maximum atomic E-state index is 12.6. The number of hydrogen-bond acceptors (Lipinski definition) is 5. The monoisotopic (exact) mass is 331 g/mol. The Hall–Kier alpha value is -2.86. The topological polar surface area (TPSA) is 82.6 Å². The van der Waals surface area contributed by atoms with Crippen molar-refractivity contribution in [3.8, 4) is 17.1 Å². The normalized spacial score (nSPS) is 10.7. The maximum Gasteiger partial charge on any atom is 0.359 e. The highest BCUT2D eigenvalue weighted by atomic mass is 35.5.